The lowest BCUT2D eigenvalue weighted by atomic mass is 10.3. The Bertz CT molecular complexity index is 876. The summed E-state index contributed by atoms with van der Waals surface area (Å²) in [6.45, 7) is 1.94. The molecule has 0 spiro atoms. The van der Waals surface area contributed by atoms with E-state index in [1.54, 1.807) is 12.3 Å². The molecule has 0 aliphatic heterocycles. The van der Waals surface area contributed by atoms with Gasteiger partial charge in [-0.3, -0.25) is 4.79 Å². The first-order valence-electron chi connectivity index (χ1n) is 7.90. The first-order chi connectivity index (χ1) is 12.2. The number of aliphatic imine (C=N–C) groups is 1. The van der Waals surface area contributed by atoms with Crippen LogP contribution in [-0.4, -0.2) is 16.7 Å². The van der Waals surface area contributed by atoms with E-state index in [0.29, 0.717) is 11.5 Å². The van der Waals surface area contributed by atoms with Crippen molar-refractivity contribution in [3.05, 3.63) is 84.6 Å². The number of amides is 1. The molecule has 5 heteroatoms. The zero-order valence-electron chi connectivity index (χ0n) is 13.8. The number of rotatable bonds is 3. The average molecular weight is 330 g/mol. The molecule has 2 aromatic carbocycles. The van der Waals surface area contributed by atoms with Crippen molar-refractivity contribution in [1.82, 2.24) is 4.98 Å². The number of para-hydroxylation sites is 2. The highest BCUT2D eigenvalue weighted by Gasteiger charge is 2.13. The molecule has 0 atom stereocenters. The van der Waals surface area contributed by atoms with E-state index >= 15 is 0 Å². The molecule has 0 aliphatic rings. The Balaban J connectivity index is 1.87. The highest BCUT2D eigenvalue weighted by atomic mass is 16.2. The molecule has 3 rings (SSSR count). The summed E-state index contributed by atoms with van der Waals surface area (Å²) in [5.41, 5.74) is 2.49. The van der Waals surface area contributed by atoms with Crippen molar-refractivity contribution >= 4 is 28.9 Å². The molecule has 0 radical (unpaired) electrons. The first-order valence-corrected chi connectivity index (χ1v) is 7.90. The van der Waals surface area contributed by atoms with E-state index in [-0.39, 0.29) is 11.7 Å². The van der Waals surface area contributed by atoms with Crippen molar-refractivity contribution in [2.75, 3.05) is 10.6 Å². The lowest BCUT2D eigenvalue weighted by Gasteiger charge is -2.10. The number of nitrogens with one attached hydrogen (secondary N) is 2. The molecule has 3 aromatic rings. The topological polar surface area (TPSA) is 66.4 Å². The fraction of sp³-hybridized carbons (Fsp3) is 0.0500. The second-order valence-electron chi connectivity index (χ2n) is 5.46. The number of carbonyl (C=O) groups excluding carboxylic acids is 1. The minimum atomic E-state index is -0.356. The van der Waals surface area contributed by atoms with E-state index < -0.39 is 0 Å². The van der Waals surface area contributed by atoms with Gasteiger partial charge in [0.05, 0.1) is 5.69 Å². The summed E-state index contributed by atoms with van der Waals surface area (Å²) >= 11 is 0. The van der Waals surface area contributed by atoms with Crippen molar-refractivity contribution in [3.63, 3.8) is 0 Å². The van der Waals surface area contributed by atoms with Crippen molar-refractivity contribution in [2.24, 2.45) is 4.99 Å². The second kappa shape index (κ2) is 7.88. The quantitative estimate of drug-likeness (QED) is 0.559. The zero-order chi connectivity index (χ0) is 17.5. The number of amidine groups is 1. The van der Waals surface area contributed by atoms with Crippen LogP contribution in [0.25, 0.3) is 0 Å². The lowest BCUT2D eigenvalue weighted by molar-refractivity contribution is -0.110. The number of hydrogen-bond donors (Lipinski definition) is 2. The molecule has 0 bridgehead atoms. The fourth-order valence-corrected chi connectivity index (χ4v) is 2.21. The molecule has 1 heterocycles. The summed E-state index contributed by atoms with van der Waals surface area (Å²) in [4.78, 5) is 21.3. The van der Waals surface area contributed by atoms with Gasteiger partial charge in [0.25, 0.3) is 5.91 Å². The Morgan fingerprint density at radius 2 is 1.60 bits per heavy atom. The first kappa shape index (κ1) is 16.4. The molecule has 0 unspecified atom stereocenters. The van der Waals surface area contributed by atoms with Crippen LogP contribution in [0.3, 0.4) is 0 Å². The van der Waals surface area contributed by atoms with E-state index in [4.69, 9.17) is 0 Å². The summed E-state index contributed by atoms with van der Waals surface area (Å²) in [5, 5.41) is 5.85. The van der Waals surface area contributed by atoms with Crippen LogP contribution in [0.1, 0.15) is 5.56 Å². The molecule has 124 valence electrons. The van der Waals surface area contributed by atoms with Gasteiger partial charge in [0.15, 0.2) is 5.84 Å². The van der Waals surface area contributed by atoms with Crippen LogP contribution < -0.4 is 10.6 Å². The van der Waals surface area contributed by atoms with E-state index in [2.05, 4.69) is 20.6 Å². The normalized spacial score (nSPS) is 11.0. The SMILES string of the molecule is Cc1ccnc(NC(=O)C(=Nc2ccccc2)Nc2ccccc2)c1. The van der Waals surface area contributed by atoms with Gasteiger partial charge < -0.3 is 10.6 Å². The summed E-state index contributed by atoms with van der Waals surface area (Å²) in [6.07, 6.45) is 1.66. The standard InChI is InChI=1S/C20H18N4O/c1-15-12-13-21-18(14-15)24-20(25)19(22-16-8-4-2-5-9-16)23-17-10-6-3-7-11-17/h2-14H,1H3,(H,22,23)(H,21,24,25). The maximum Gasteiger partial charge on any atom is 0.292 e. The molecule has 0 aliphatic carbocycles. The van der Waals surface area contributed by atoms with Crippen LogP contribution in [0.4, 0.5) is 17.2 Å². The van der Waals surface area contributed by atoms with Gasteiger partial charge in [0.1, 0.15) is 5.82 Å². The molecular formula is C20H18N4O. The molecule has 1 aromatic heterocycles. The molecule has 5 nitrogen and oxygen atoms in total. The predicted octanol–water partition coefficient (Wildman–Crippen LogP) is 4.17. The van der Waals surface area contributed by atoms with E-state index in [0.717, 1.165) is 11.3 Å². The molecule has 0 fully saturated rings. The Morgan fingerprint density at radius 1 is 0.920 bits per heavy atom. The Kier molecular flexibility index (Phi) is 5.16. The monoisotopic (exact) mass is 330 g/mol. The number of anilines is 2. The van der Waals surface area contributed by atoms with Gasteiger partial charge in [0.2, 0.25) is 0 Å². The number of benzene rings is 2. The number of aromatic nitrogens is 1. The van der Waals surface area contributed by atoms with Crippen molar-refractivity contribution in [1.29, 1.82) is 0 Å². The van der Waals surface area contributed by atoms with Gasteiger partial charge in [-0.05, 0) is 48.9 Å². The third-order valence-electron chi connectivity index (χ3n) is 3.41. The second-order valence-corrected chi connectivity index (χ2v) is 5.46. The van der Waals surface area contributed by atoms with Crippen molar-refractivity contribution < 1.29 is 4.79 Å². The lowest BCUT2D eigenvalue weighted by Crippen LogP contribution is -2.29. The number of hydrogen-bond acceptors (Lipinski definition) is 3. The van der Waals surface area contributed by atoms with Gasteiger partial charge in [-0.2, -0.15) is 0 Å². The Morgan fingerprint density at radius 3 is 2.28 bits per heavy atom. The van der Waals surface area contributed by atoms with Gasteiger partial charge in [0, 0.05) is 11.9 Å². The number of nitrogens with zero attached hydrogens (tertiary/aromatic N) is 2. The molecule has 0 saturated heterocycles. The van der Waals surface area contributed by atoms with Crippen LogP contribution in [0.5, 0.6) is 0 Å². The minimum absolute atomic E-state index is 0.195. The number of carbonyl (C=O) groups is 1. The largest absolute Gasteiger partial charge is 0.336 e. The fourth-order valence-electron chi connectivity index (χ4n) is 2.21. The highest BCUT2D eigenvalue weighted by molar-refractivity contribution is 6.46. The summed E-state index contributed by atoms with van der Waals surface area (Å²) in [6, 6.07) is 22.4. The minimum Gasteiger partial charge on any atom is -0.336 e. The zero-order valence-corrected chi connectivity index (χ0v) is 13.8. The van der Waals surface area contributed by atoms with Crippen molar-refractivity contribution in [3.8, 4) is 0 Å². The van der Waals surface area contributed by atoms with Crippen LogP contribution in [0.15, 0.2) is 84.0 Å². The summed E-state index contributed by atoms with van der Waals surface area (Å²) in [5.74, 6) is 0.326. The van der Waals surface area contributed by atoms with E-state index in [1.165, 1.54) is 0 Å². The van der Waals surface area contributed by atoms with Crippen LogP contribution in [0.2, 0.25) is 0 Å². The van der Waals surface area contributed by atoms with Crippen LogP contribution >= 0.6 is 0 Å². The van der Waals surface area contributed by atoms with Crippen LogP contribution in [-0.2, 0) is 4.79 Å². The summed E-state index contributed by atoms with van der Waals surface area (Å²) in [7, 11) is 0. The van der Waals surface area contributed by atoms with E-state index in [9.17, 15) is 4.79 Å². The maximum absolute atomic E-state index is 12.7. The van der Waals surface area contributed by atoms with Crippen LogP contribution in [0, 0.1) is 6.92 Å². The molecule has 1 amide bonds. The van der Waals surface area contributed by atoms with Gasteiger partial charge in [-0.25, -0.2) is 9.98 Å². The van der Waals surface area contributed by atoms with E-state index in [1.807, 2.05) is 73.7 Å². The third kappa shape index (κ3) is 4.75. The van der Waals surface area contributed by atoms with Gasteiger partial charge in [-0.1, -0.05) is 36.4 Å². The Labute approximate surface area is 146 Å². The third-order valence-corrected chi connectivity index (χ3v) is 3.41. The molecule has 2 N–H and O–H groups in total. The highest BCUT2D eigenvalue weighted by Crippen LogP contribution is 2.13. The van der Waals surface area contributed by atoms with Crippen molar-refractivity contribution in [2.45, 2.75) is 6.92 Å². The smallest absolute Gasteiger partial charge is 0.292 e. The van der Waals surface area contributed by atoms with Gasteiger partial charge in [-0.15, -0.1) is 0 Å². The molecule has 25 heavy (non-hydrogen) atoms. The van der Waals surface area contributed by atoms with Gasteiger partial charge >= 0.3 is 0 Å². The maximum atomic E-state index is 12.7. The molecule has 0 saturated carbocycles. The Hall–Kier alpha value is -3.47. The molecular weight excluding hydrogens is 312 g/mol. The predicted molar refractivity (Wildman–Crippen MR) is 101 cm³/mol. The number of aryl methyl sites for hydroxylation is 1. The summed E-state index contributed by atoms with van der Waals surface area (Å²) < 4.78 is 0. The average Bonchev–Trinajstić information content (AvgIpc) is 2.63. The number of pyridine rings is 1.